The summed E-state index contributed by atoms with van der Waals surface area (Å²) in [5.74, 6) is 0.813. The SMILES string of the molecule is CN=C(NCCN1C(=O)C2C3C=CC(C3)C2C1=O)NCc1c(C)nn(-c2ccccc2)c1C. The molecule has 2 fully saturated rings. The van der Waals surface area contributed by atoms with Crippen molar-refractivity contribution in [2.45, 2.75) is 26.8 Å². The van der Waals surface area contributed by atoms with Gasteiger partial charge in [0.15, 0.2) is 5.96 Å². The molecule has 1 aliphatic heterocycles. The smallest absolute Gasteiger partial charge is 0.233 e. The van der Waals surface area contributed by atoms with Crippen LogP contribution < -0.4 is 10.6 Å². The van der Waals surface area contributed by atoms with E-state index in [1.165, 1.54) is 4.90 Å². The lowest BCUT2D eigenvalue weighted by Gasteiger charge is -2.18. The molecule has 8 heteroatoms. The molecule has 5 rings (SSSR count). The summed E-state index contributed by atoms with van der Waals surface area (Å²) < 4.78 is 1.95. The van der Waals surface area contributed by atoms with E-state index in [1.807, 2.05) is 41.9 Å². The van der Waals surface area contributed by atoms with Crippen LogP contribution in [0, 0.1) is 37.5 Å². The predicted octanol–water partition coefficient (Wildman–Crippen LogP) is 1.96. The summed E-state index contributed by atoms with van der Waals surface area (Å²) in [5, 5.41) is 11.3. The summed E-state index contributed by atoms with van der Waals surface area (Å²) in [7, 11) is 1.71. The normalized spacial score (nSPS) is 25.8. The van der Waals surface area contributed by atoms with Gasteiger partial charge in [0.25, 0.3) is 0 Å². The number of amides is 2. The van der Waals surface area contributed by atoms with E-state index in [0.29, 0.717) is 25.6 Å². The van der Waals surface area contributed by atoms with E-state index in [-0.39, 0.29) is 35.5 Å². The van der Waals surface area contributed by atoms with Gasteiger partial charge in [0.1, 0.15) is 0 Å². The Bertz CT molecular complexity index is 1110. The number of aliphatic imine (C=N–C) groups is 1. The number of guanidine groups is 1. The van der Waals surface area contributed by atoms with Gasteiger partial charge in [0, 0.05) is 37.9 Å². The lowest BCUT2D eigenvalue weighted by Crippen LogP contribution is -2.43. The van der Waals surface area contributed by atoms with E-state index in [1.54, 1.807) is 7.05 Å². The van der Waals surface area contributed by atoms with Gasteiger partial charge in [-0.05, 0) is 44.2 Å². The monoisotopic (exact) mass is 446 g/mol. The maximum absolute atomic E-state index is 12.8. The quantitative estimate of drug-likeness (QED) is 0.306. The highest BCUT2D eigenvalue weighted by atomic mass is 16.2. The molecule has 1 aromatic carbocycles. The minimum Gasteiger partial charge on any atom is -0.355 e. The molecule has 1 saturated heterocycles. The van der Waals surface area contributed by atoms with Crippen molar-refractivity contribution in [2.24, 2.45) is 28.7 Å². The van der Waals surface area contributed by atoms with Crippen LogP contribution in [0.3, 0.4) is 0 Å². The zero-order valence-electron chi connectivity index (χ0n) is 19.3. The molecule has 0 spiro atoms. The fraction of sp³-hybridized carbons (Fsp3) is 0.440. The van der Waals surface area contributed by atoms with Crippen LogP contribution in [-0.4, -0.2) is 52.6 Å². The Hall–Kier alpha value is -3.42. The molecule has 2 heterocycles. The van der Waals surface area contributed by atoms with Crippen molar-refractivity contribution in [3.63, 3.8) is 0 Å². The highest BCUT2D eigenvalue weighted by Gasteiger charge is 2.58. The second-order valence-electron chi connectivity index (χ2n) is 9.08. The molecule has 3 aliphatic rings. The van der Waals surface area contributed by atoms with Crippen LogP contribution in [0.15, 0.2) is 47.5 Å². The Kier molecular flexibility index (Phi) is 5.52. The number of aromatic nitrogens is 2. The number of hydrogen-bond donors (Lipinski definition) is 2. The number of carbonyl (C=O) groups is 2. The fourth-order valence-electron chi connectivity index (χ4n) is 5.61. The number of likely N-dealkylation sites (tertiary alicyclic amines) is 1. The van der Waals surface area contributed by atoms with Gasteiger partial charge in [-0.15, -0.1) is 0 Å². The highest BCUT2D eigenvalue weighted by Crippen LogP contribution is 2.52. The van der Waals surface area contributed by atoms with Crippen LogP contribution in [0.5, 0.6) is 0 Å². The van der Waals surface area contributed by atoms with Gasteiger partial charge in [-0.25, -0.2) is 4.68 Å². The Morgan fingerprint density at radius 1 is 1.06 bits per heavy atom. The number of nitrogens with zero attached hydrogens (tertiary/aromatic N) is 4. The van der Waals surface area contributed by atoms with E-state index >= 15 is 0 Å². The third-order valence-electron chi connectivity index (χ3n) is 7.29. The first-order chi connectivity index (χ1) is 16.0. The van der Waals surface area contributed by atoms with Crippen LogP contribution in [-0.2, 0) is 16.1 Å². The molecule has 4 unspecified atom stereocenters. The number of rotatable bonds is 6. The summed E-state index contributed by atoms with van der Waals surface area (Å²) in [6, 6.07) is 10.1. The van der Waals surface area contributed by atoms with E-state index in [9.17, 15) is 9.59 Å². The molecule has 4 atom stereocenters. The number of imide groups is 1. The molecule has 1 saturated carbocycles. The average Bonchev–Trinajstić information content (AvgIpc) is 3.57. The zero-order valence-corrected chi connectivity index (χ0v) is 19.3. The minimum absolute atomic E-state index is 0.00817. The summed E-state index contributed by atoms with van der Waals surface area (Å²) in [4.78, 5) is 31.4. The molecule has 0 radical (unpaired) electrons. The third kappa shape index (κ3) is 3.63. The van der Waals surface area contributed by atoms with Crippen molar-refractivity contribution in [2.75, 3.05) is 20.1 Å². The molecule has 2 amide bonds. The standard InChI is InChI=1S/C25H30N6O2/c1-15-20(16(2)31(29-15)19-7-5-4-6-8-19)14-28-25(26-3)27-11-12-30-23(32)21-17-9-10-18(13-17)22(21)24(30)33/h4-10,17-18,21-22H,11-14H2,1-3H3,(H2,26,27,28). The van der Waals surface area contributed by atoms with Gasteiger partial charge < -0.3 is 10.6 Å². The number of nitrogens with one attached hydrogen (secondary N) is 2. The molecule has 172 valence electrons. The van der Waals surface area contributed by atoms with Gasteiger partial charge in [0.05, 0.1) is 23.2 Å². The van der Waals surface area contributed by atoms with Crippen LogP contribution in [0.4, 0.5) is 0 Å². The number of aryl methyl sites for hydroxylation is 1. The Morgan fingerprint density at radius 3 is 2.36 bits per heavy atom. The summed E-state index contributed by atoms with van der Waals surface area (Å²) in [6.45, 7) is 5.45. The van der Waals surface area contributed by atoms with Gasteiger partial charge in [0.2, 0.25) is 11.8 Å². The molecule has 2 N–H and O–H groups in total. The first-order valence-corrected chi connectivity index (χ1v) is 11.6. The van der Waals surface area contributed by atoms with E-state index in [4.69, 9.17) is 0 Å². The second kappa shape index (κ2) is 8.50. The van der Waals surface area contributed by atoms with Crippen molar-refractivity contribution in [3.05, 3.63) is 59.4 Å². The van der Waals surface area contributed by atoms with Crippen LogP contribution in [0.1, 0.15) is 23.4 Å². The lowest BCUT2D eigenvalue weighted by atomic mass is 9.85. The maximum Gasteiger partial charge on any atom is 0.233 e. The fourth-order valence-corrected chi connectivity index (χ4v) is 5.61. The van der Waals surface area contributed by atoms with Crippen molar-refractivity contribution in [1.29, 1.82) is 0 Å². The molecule has 33 heavy (non-hydrogen) atoms. The average molecular weight is 447 g/mol. The molecule has 2 bridgehead atoms. The van der Waals surface area contributed by atoms with Gasteiger partial charge in [-0.1, -0.05) is 30.4 Å². The highest BCUT2D eigenvalue weighted by molar-refractivity contribution is 6.06. The number of allylic oxidation sites excluding steroid dienone is 2. The van der Waals surface area contributed by atoms with Crippen LogP contribution in [0.25, 0.3) is 5.69 Å². The van der Waals surface area contributed by atoms with Crippen molar-refractivity contribution < 1.29 is 9.59 Å². The number of carbonyl (C=O) groups excluding carboxylic acids is 2. The number of para-hydroxylation sites is 1. The summed E-state index contributed by atoms with van der Waals surface area (Å²) >= 11 is 0. The maximum atomic E-state index is 12.8. The molecule has 2 aliphatic carbocycles. The summed E-state index contributed by atoms with van der Waals surface area (Å²) in [5.41, 5.74) is 4.18. The molecular formula is C25H30N6O2. The Balaban J connectivity index is 1.16. The Morgan fingerprint density at radius 2 is 1.73 bits per heavy atom. The van der Waals surface area contributed by atoms with Crippen molar-refractivity contribution in [1.82, 2.24) is 25.3 Å². The predicted molar refractivity (Wildman–Crippen MR) is 126 cm³/mol. The molecule has 2 aromatic rings. The van der Waals surface area contributed by atoms with Crippen molar-refractivity contribution in [3.8, 4) is 5.69 Å². The lowest BCUT2D eigenvalue weighted by molar-refractivity contribution is -0.140. The largest absolute Gasteiger partial charge is 0.355 e. The molecular weight excluding hydrogens is 416 g/mol. The van der Waals surface area contributed by atoms with Crippen molar-refractivity contribution >= 4 is 17.8 Å². The van der Waals surface area contributed by atoms with Gasteiger partial charge in [-0.3, -0.25) is 19.5 Å². The number of fused-ring (bicyclic) bond motifs is 5. The zero-order chi connectivity index (χ0) is 23.1. The Labute approximate surface area is 193 Å². The topological polar surface area (TPSA) is 91.6 Å². The first kappa shape index (κ1) is 21.4. The van der Waals surface area contributed by atoms with Crippen LogP contribution in [0.2, 0.25) is 0 Å². The van der Waals surface area contributed by atoms with Crippen LogP contribution >= 0.6 is 0 Å². The molecule has 1 aromatic heterocycles. The third-order valence-corrected chi connectivity index (χ3v) is 7.29. The minimum atomic E-state index is -0.142. The van der Waals surface area contributed by atoms with Gasteiger partial charge in [-0.2, -0.15) is 5.10 Å². The summed E-state index contributed by atoms with van der Waals surface area (Å²) in [6.07, 6.45) is 5.19. The molecule has 8 nitrogen and oxygen atoms in total. The number of hydrogen-bond acceptors (Lipinski definition) is 4. The van der Waals surface area contributed by atoms with E-state index in [0.717, 1.165) is 29.1 Å². The van der Waals surface area contributed by atoms with E-state index in [2.05, 4.69) is 39.8 Å². The van der Waals surface area contributed by atoms with E-state index < -0.39 is 0 Å². The van der Waals surface area contributed by atoms with Gasteiger partial charge >= 0.3 is 0 Å². The second-order valence-corrected chi connectivity index (χ2v) is 9.08. The first-order valence-electron chi connectivity index (χ1n) is 11.6. The number of benzene rings is 1.